The minimum absolute atomic E-state index is 0.0917. The van der Waals surface area contributed by atoms with Crippen LogP contribution in [0, 0.1) is 17.8 Å². The molecule has 1 aliphatic heterocycles. The maximum absolute atomic E-state index is 13.5. The zero-order valence-electron chi connectivity index (χ0n) is 24.2. The molecule has 10 heteroatoms. The molecule has 3 aromatic heterocycles. The molecule has 0 amide bonds. The Hall–Kier alpha value is -4.88. The number of imidazole rings is 1. The van der Waals surface area contributed by atoms with Gasteiger partial charge in [-0.25, -0.2) is 14.6 Å². The average Bonchev–Trinajstić information content (AvgIpc) is 3.46. The number of benzene rings is 1. The quantitative estimate of drug-likeness (QED) is 0.213. The summed E-state index contributed by atoms with van der Waals surface area (Å²) in [6.07, 6.45) is 11.1. The molecule has 1 atom stereocenters. The number of allylic oxidation sites excluding steroid dienone is 1. The Balaban J connectivity index is 1.47. The second-order valence-corrected chi connectivity index (χ2v) is 10.6. The summed E-state index contributed by atoms with van der Waals surface area (Å²) in [4.78, 5) is 39.6. The van der Waals surface area contributed by atoms with E-state index in [-0.39, 0.29) is 13.2 Å². The van der Waals surface area contributed by atoms with E-state index in [9.17, 15) is 9.59 Å². The predicted octanol–water partition coefficient (Wildman–Crippen LogP) is 4.93. The van der Waals surface area contributed by atoms with Crippen LogP contribution < -0.4 is 5.32 Å². The number of nitrogens with one attached hydrogen (secondary N) is 1. The third kappa shape index (κ3) is 6.63. The average molecular weight is 594 g/mol. The van der Waals surface area contributed by atoms with Crippen LogP contribution in [0.2, 0.25) is 0 Å². The van der Waals surface area contributed by atoms with E-state index in [1.807, 2.05) is 54.1 Å². The van der Waals surface area contributed by atoms with Gasteiger partial charge in [0.1, 0.15) is 11.8 Å². The number of dihydropyridines is 1. The molecule has 5 rings (SSSR count). The normalized spacial score (nSPS) is 14.6. The molecule has 1 aromatic carbocycles. The van der Waals surface area contributed by atoms with Crippen LogP contribution in [0.25, 0.3) is 22.4 Å². The Bertz CT molecular complexity index is 1750. The maximum atomic E-state index is 13.5. The van der Waals surface area contributed by atoms with Crippen LogP contribution in [-0.2, 0) is 19.1 Å². The molecule has 4 aromatic rings. The fourth-order valence-corrected chi connectivity index (χ4v) is 5.49. The monoisotopic (exact) mass is 593 g/mol. The number of hydrogen-bond acceptors (Lipinski definition) is 9. The van der Waals surface area contributed by atoms with Gasteiger partial charge in [0.05, 0.1) is 35.2 Å². The molecule has 0 spiro atoms. The Kier molecular flexibility index (Phi) is 9.54. The lowest BCUT2D eigenvalue weighted by molar-refractivity contribution is -0.139. The van der Waals surface area contributed by atoms with Crippen LogP contribution >= 0.6 is 11.8 Å². The maximum Gasteiger partial charge on any atom is 0.337 e. The second-order valence-electron chi connectivity index (χ2n) is 9.65. The molecule has 0 fully saturated rings. The summed E-state index contributed by atoms with van der Waals surface area (Å²) in [7, 11) is 0. The van der Waals surface area contributed by atoms with Crippen LogP contribution in [0.15, 0.2) is 90.4 Å². The van der Waals surface area contributed by atoms with E-state index < -0.39 is 17.9 Å². The van der Waals surface area contributed by atoms with Crippen LogP contribution in [0.4, 0.5) is 0 Å². The molecule has 1 aliphatic rings. The number of fused-ring (bicyclic) bond motifs is 1. The molecule has 0 radical (unpaired) electrons. The van der Waals surface area contributed by atoms with Crippen molar-refractivity contribution in [3.8, 4) is 17.5 Å². The van der Waals surface area contributed by atoms with Crippen molar-refractivity contribution in [2.24, 2.45) is 5.92 Å². The van der Waals surface area contributed by atoms with Crippen LogP contribution in [0.3, 0.4) is 0 Å². The number of pyridine rings is 2. The third-order valence-electron chi connectivity index (χ3n) is 6.96. The fraction of sp³-hybridized carbons (Fsp3) is 0.242. The highest BCUT2D eigenvalue weighted by atomic mass is 32.2. The zero-order chi connectivity index (χ0) is 30.2. The highest BCUT2D eigenvalue weighted by molar-refractivity contribution is 7.98. The topological polar surface area (TPSA) is 108 Å². The lowest BCUT2D eigenvalue weighted by Crippen LogP contribution is -2.34. The second kappa shape index (κ2) is 13.9. The van der Waals surface area contributed by atoms with Gasteiger partial charge < -0.3 is 14.8 Å². The smallest absolute Gasteiger partial charge is 0.337 e. The van der Waals surface area contributed by atoms with Crippen LogP contribution in [0.5, 0.6) is 0 Å². The van der Waals surface area contributed by atoms with Gasteiger partial charge in [-0.1, -0.05) is 24.0 Å². The number of esters is 2. The molecule has 0 aliphatic carbocycles. The Morgan fingerprint density at radius 1 is 1.02 bits per heavy atom. The first kappa shape index (κ1) is 29.6. The Morgan fingerprint density at radius 2 is 1.81 bits per heavy atom. The van der Waals surface area contributed by atoms with Gasteiger partial charge in [0.15, 0.2) is 6.61 Å². The number of carbonyl (C=O) groups excluding carboxylic acids is 2. The summed E-state index contributed by atoms with van der Waals surface area (Å²) in [5, 5.41) is 3.34. The van der Waals surface area contributed by atoms with E-state index in [0.717, 1.165) is 33.6 Å². The van der Waals surface area contributed by atoms with E-state index in [2.05, 4.69) is 32.1 Å². The summed E-state index contributed by atoms with van der Waals surface area (Å²) in [5.74, 6) is 5.03. The largest absolute Gasteiger partial charge is 0.463 e. The Morgan fingerprint density at radius 3 is 2.56 bits per heavy atom. The molecular formula is C33H31N5O4S. The number of hydrogen-bond donors (Lipinski definition) is 1. The van der Waals surface area contributed by atoms with Crippen molar-refractivity contribution in [2.45, 2.75) is 20.3 Å². The fourth-order valence-electron chi connectivity index (χ4n) is 5.02. The number of thioether (sulfide) groups is 1. The van der Waals surface area contributed by atoms with E-state index in [0.29, 0.717) is 29.0 Å². The molecule has 4 heterocycles. The van der Waals surface area contributed by atoms with Crippen molar-refractivity contribution in [1.29, 1.82) is 0 Å². The molecule has 9 nitrogen and oxygen atoms in total. The van der Waals surface area contributed by atoms with Crippen molar-refractivity contribution in [2.75, 3.05) is 25.2 Å². The number of aromatic nitrogens is 4. The molecule has 1 N–H and O–H groups in total. The minimum atomic E-state index is -0.522. The lowest BCUT2D eigenvalue weighted by atomic mass is 9.82. The van der Waals surface area contributed by atoms with Gasteiger partial charge in [0, 0.05) is 41.5 Å². The van der Waals surface area contributed by atoms with Crippen molar-refractivity contribution >= 4 is 40.4 Å². The summed E-state index contributed by atoms with van der Waals surface area (Å²) in [5.41, 5.74) is 6.21. The minimum Gasteiger partial charge on any atom is -0.463 e. The third-order valence-corrected chi connectivity index (χ3v) is 7.61. The molecule has 0 bridgehead atoms. The van der Waals surface area contributed by atoms with E-state index in [1.165, 1.54) is 0 Å². The summed E-state index contributed by atoms with van der Waals surface area (Å²) in [6, 6.07) is 13.4. The molecule has 0 saturated heterocycles. The van der Waals surface area contributed by atoms with Gasteiger partial charge in [-0.15, -0.1) is 0 Å². The lowest BCUT2D eigenvalue weighted by Gasteiger charge is -2.31. The number of carbonyl (C=O) groups is 2. The molecular weight excluding hydrogens is 562 g/mol. The molecule has 1 unspecified atom stereocenters. The predicted molar refractivity (Wildman–Crippen MR) is 167 cm³/mol. The summed E-state index contributed by atoms with van der Waals surface area (Å²) >= 11 is 1.64. The van der Waals surface area contributed by atoms with Crippen molar-refractivity contribution in [3.05, 3.63) is 102 Å². The van der Waals surface area contributed by atoms with Crippen LogP contribution in [-0.4, -0.2) is 56.7 Å². The van der Waals surface area contributed by atoms with Gasteiger partial charge in [0.2, 0.25) is 0 Å². The zero-order valence-corrected chi connectivity index (χ0v) is 25.0. The first-order chi connectivity index (χ1) is 21.0. The Labute approximate surface area is 254 Å². The van der Waals surface area contributed by atoms with E-state index >= 15 is 0 Å². The van der Waals surface area contributed by atoms with E-state index in [4.69, 9.17) is 9.47 Å². The van der Waals surface area contributed by atoms with Crippen molar-refractivity contribution in [3.63, 3.8) is 0 Å². The highest BCUT2D eigenvalue weighted by Gasteiger charge is 2.38. The van der Waals surface area contributed by atoms with Crippen molar-refractivity contribution in [1.82, 2.24) is 24.8 Å². The summed E-state index contributed by atoms with van der Waals surface area (Å²) < 4.78 is 13.1. The van der Waals surface area contributed by atoms with E-state index in [1.54, 1.807) is 55.9 Å². The van der Waals surface area contributed by atoms with Gasteiger partial charge >= 0.3 is 11.9 Å². The number of rotatable bonds is 9. The highest BCUT2D eigenvalue weighted by Crippen LogP contribution is 2.38. The molecule has 0 saturated carbocycles. The standard InChI is InChI=1S/C33H31N5O4S/c1-4-41-33(40)30-26(14-18-43-3)29(32(39)42-17-6-8-23-7-5-15-34-19-23)22(2)37-31(30)24-9-11-25(12-10-24)38-21-36-27-20-35-16-13-28(27)38/h5,7,9-13,15-16,19-21,26,37H,4,14,17-18H2,1-3H3. The van der Waals surface area contributed by atoms with Gasteiger partial charge in [-0.05, 0) is 68.2 Å². The summed E-state index contributed by atoms with van der Waals surface area (Å²) in [6.45, 7) is 3.71. The number of ether oxygens (including phenoxy) is 2. The first-order valence-corrected chi connectivity index (χ1v) is 15.2. The van der Waals surface area contributed by atoms with Gasteiger partial charge in [0.25, 0.3) is 0 Å². The first-order valence-electron chi connectivity index (χ1n) is 13.8. The molecule has 218 valence electrons. The number of nitrogens with zero attached hydrogens (tertiary/aromatic N) is 4. The van der Waals surface area contributed by atoms with Crippen LogP contribution in [0.1, 0.15) is 31.4 Å². The van der Waals surface area contributed by atoms with Gasteiger partial charge in [-0.2, -0.15) is 11.8 Å². The van der Waals surface area contributed by atoms with Gasteiger partial charge in [-0.3, -0.25) is 14.5 Å². The molecule has 43 heavy (non-hydrogen) atoms. The van der Waals surface area contributed by atoms with Crippen molar-refractivity contribution < 1.29 is 19.1 Å². The SMILES string of the molecule is CCOC(=O)C1=C(c2ccc(-n3cnc4cnccc43)cc2)NC(C)=C(C(=O)OCC#Cc2cccnc2)C1CCSC.